The summed E-state index contributed by atoms with van der Waals surface area (Å²) >= 11 is 0. The number of hydrogen-bond acceptors (Lipinski definition) is 12. The van der Waals surface area contributed by atoms with Gasteiger partial charge in [0.15, 0.2) is 0 Å². The summed E-state index contributed by atoms with van der Waals surface area (Å²) in [5.74, 6) is -0.960. The van der Waals surface area contributed by atoms with Crippen molar-refractivity contribution in [1.82, 2.24) is 15.2 Å². The van der Waals surface area contributed by atoms with Crippen LogP contribution in [0.5, 0.6) is 5.75 Å². The molecule has 0 amide bonds. The minimum atomic E-state index is -4.50. The Morgan fingerprint density at radius 3 is 2.35 bits per heavy atom. The van der Waals surface area contributed by atoms with Gasteiger partial charge in [-0.3, -0.25) is 20.0 Å². The Labute approximate surface area is 279 Å². The summed E-state index contributed by atoms with van der Waals surface area (Å²) in [5.41, 5.74) is -0.847. The van der Waals surface area contributed by atoms with Crippen molar-refractivity contribution >= 4 is 5.97 Å². The van der Waals surface area contributed by atoms with Crippen molar-refractivity contribution in [3.63, 3.8) is 0 Å². The van der Waals surface area contributed by atoms with Gasteiger partial charge in [0.05, 0.1) is 36.4 Å². The zero-order chi connectivity index (χ0) is 34.9. The molecule has 5 atom stereocenters. The third kappa shape index (κ3) is 14.9. The van der Waals surface area contributed by atoms with Gasteiger partial charge >= 0.3 is 12.1 Å². The predicted molar refractivity (Wildman–Crippen MR) is 168 cm³/mol. The number of aliphatic hydroxyl groups is 3. The molecule has 1 saturated heterocycles. The molecule has 1 aliphatic carbocycles. The quantitative estimate of drug-likeness (QED) is 0.0590. The topological polar surface area (TPSA) is 156 Å². The van der Waals surface area contributed by atoms with Crippen LogP contribution in [0.25, 0.3) is 0 Å². The summed E-state index contributed by atoms with van der Waals surface area (Å²) in [4.78, 5) is 21.3. The number of allylic oxidation sites excluding steroid dienone is 2. The number of hydrogen-bond donors (Lipinski definition) is 5. The largest absolute Gasteiger partial charge is 0.491 e. The lowest BCUT2D eigenvalue weighted by Gasteiger charge is -2.34. The highest BCUT2D eigenvalue weighted by Gasteiger charge is 2.39. The Morgan fingerprint density at radius 2 is 1.69 bits per heavy atom. The van der Waals surface area contributed by atoms with Crippen molar-refractivity contribution in [2.75, 3.05) is 59.1 Å². The first kappa shape index (κ1) is 39.8. The first-order valence-corrected chi connectivity index (χ1v) is 16.5. The van der Waals surface area contributed by atoms with E-state index in [0.29, 0.717) is 38.7 Å². The van der Waals surface area contributed by atoms with Crippen LogP contribution < -0.4 is 4.74 Å². The van der Waals surface area contributed by atoms with Gasteiger partial charge in [-0.1, -0.05) is 30.4 Å². The number of esters is 1. The zero-order valence-corrected chi connectivity index (χ0v) is 27.2. The van der Waals surface area contributed by atoms with E-state index in [4.69, 9.17) is 19.9 Å². The van der Waals surface area contributed by atoms with Crippen molar-refractivity contribution in [3.05, 3.63) is 54.1 Å². The summed E-state index contributed by atoms with van der Waals surface area (Å²) in [7, 11) is 0. The van der Waals surface area contributed by atoms with Crippen LogP contribution >= 0.6 is 0 Å². The molecular formula is C33H50F3N3O9. The van der Waals surface area contributed by atoms with Gasteiger partial charge in [-0.2, -0.15) is 13.2 Å². The third-order valence-electron chi connectivity index (χ3n) is 8.55. The standard InChI is InChI=1S/C33H50F3N3O9/c34-33(35,36)25-8-5-9-27(22-25)47-24-26(40)12-13-29-28(30(41)23-31(29)42)10-3-1-2-4-11-32(43)46-20-6-14-37-16-18-38(19-17-37)15-7-21-48-39(44)45/h1,3,5,8-9,12-13,22,26,28-31,40-42,44-45H,2,4,6-7,10-11,14-21,23-24H2/b3-1-,13-12+/t26-,28-,29-,30+,31-/m1/s1. The van der Waals surface area contributed by atoms with E-state index in [1.165, 1.54) is 18.2 Å². The maximum Gasteiger partial charge on any atom is 0.416 e. The Morgan fingerprint density at radius 1 is 1.00 bits per heavy atom. The molecule has 2 aliphatic rings. The zero-order valence-electron chi connectivity index (χ0n) is 27.2. The molecule has 0 aromatic heterocycles. The number of alkyl halides is 3. The highest BCUT2D eigenvalue weighted by molar-refractivity contribution is 5.69. The Kier molecular flexibility index (Phi) is 17.3. The Balaban J connectivity index is 1.26. The summed E-state index contributed by atoms with van der Waals surface area (Å²) in [5, 5.41) is 48.0. The Bertz CT molecular complexity index is 1130. The number of unbranched alkanes of at least 4 members (excludes halogenated alkanes) is 1. The smallest absolute Gasteiger partial charge is 0.416 e. The van der Waals surface area contributed by atoms with Crippen molar-refractivity contribution in [2.45, 2.75) is 69.4 Å². The second-order valence-electron chi connectivity index (χ2n) is 12.2. The first-order valence-electron chi connectivity index (χ1n) is 16.5. The molecule has 0 bridgehead atoms. The van der Waals surface area contributed by atoms with Gasteiger partial charge in [-0.05, 0) is 56.2 Å². The fourth-order valence-corrected chi connectivity index (χ4v) is 5.91. The molecule has 2 fully saturated rings. The van der Waals surface area contributed by atoms with Crippen LogP contribution in [0.2, 0.25) is 0 Å². The fraction of sp³-hybridized carbons (Fsp3) is 0.667. The highest BCUT2D eigenvalue weighted by atomic mass is 19.4. The third-order valence-corrected chi connectivity index (χ3v) is 8.55. The second kappa shape index (κ2) is 20.8. The maximum absolute atomic E-state index is 12.9. The van der Waals surface area contributed by atoms with E-state index in [9.17, 15) is 33.3 Å². The van der Waals surface area contributed by atoms with Crippen molar-refractivity contribution < 1.29 is 58.0 Å². The molecule has 1 saturated carbocycles. The van der Waals surface area contributed by atoms with Crippen LogP contribution in [0, 0.1) is 11.8 Å². The number of carbonyl (C=O) groups is 1. The molecule has 5 N–H and O–H groups in total. The van der Waals surface area contributed by atoms with E-state index in [0.717, 1.165) is 57.8 Å². The van der Waals surface area contributed by atoms with Gasteiger partial charge in [0.2, 0.25) is 0 Å². The van der Waals surface area contributed by atoms with E-state index < -0.39 is 36.0 Å². The lowest BCUT2D eigenvalue weighted by molar-refractivity contribution is -0.492. The number of carbonyl (C=O) groups excluding carboxylic acids is 1. The van der Waals surface area contributed by atoms with Crippen LogP contribution in [-0.4, -0.2) is 124 Å². The van der Waals surface area contributed by atoms with Gasteiger partial charge in [-0.25, -0.2) is 0 Å². The van der Waals surface area contributed by atoms with Gasteiger partial charge in [0, 0.05) is 58.0 Å². The number of halogens is 3. The summed E-state index contributed by atoms with van der Waals surface area (Å²) in [6.45, 7) is 5.67. The van der Waals surface area contributed by atoms with Gasteiger partial charge in [0.25, 0.3) is 0 Å². The number of ether oxygens (including phenoxy) is 2. The maximum atomic E-state index is 12.9. The van der Waals surface area contributed by atoms with Crippen LogP contribution in [0.1, 0.15) is 50.5 Å². The lowest BCUT2D eigenvalue weighted by atomic mass is 9.89. The summed E-state index contributed by atoms with van der Waals surface area (Å²) in [6, 6.07) is 4.39. The first-order chi connectivity index (χ1) is 22.9. The average molecular weight is 690 g/mol. The number of aliphatic hydroxyl groups excluding tert-OH is 3. The minimum absolute atomic E-state index is 0.0201. The molecular weight excluding hydrogens is 639 g/mol. The molecule has 272 valence electrons. The average Bonchev–Trinajstić information content (AvgIpc) is 3.32. The van der Waals surface area contributed by atoms with Crippen molar-refractivity contribution in [1.29, 1.82) is 0 Å². The van der Waals surface area contributed by atoms with Crippen LogP contribution in [0.15, 0.2) is 48.6 Å². The summed E-state index contributed by atoms with van der Waals surface area (Å²) < 4.78 is 49.4. The van der Waals surface area contributed by atoms with Gasteiger partial charge in [0.1, 0.15) is 18.5 Å². The normalized spacial score (nSPS) is 23.4. The number of benzene rings is 1. The minimum Gasteiger partial charge on any atom is -0.491 e. The molecule has 0 radical (unpaired) electrons. The predicted octanol–water partition coefficient (Wildman–Crippen LogP) is 3.43. The molecule has 15 heteroatoms. The molecule has 1 aromatic carbocycles. The molecule has 1 aromatic rings. The fourth-order valence-electron chi connectivity index (χ4n) is 5.91. The van der Waals surface area contributed by atoms with Crippen molar-refractivity contribution in [3.8, 4) is 5.75 Å². The van der Waals surface area contributed by atoms with Crippen LogP contribution in [0.3, 0.4) is 0 Å². The van der Waals surface area contributed by atoms with E-state index in [1.54, 1.807) is 6.08 Å². The lowest BCUT2D eigenvalue weighted by Crippen LogP contribution is -2.47. The van der Waals surface area contributed by atoms with E-state index in [1.807, 2.05) is 12.2 Å². The van der Waals surface area contributed by atoms with Crippen molar-refractivity contribution in [2.24, 2.45) is 11.8 Å². The molecule has 48 heavy (non-hydrogen) atoms. The Hall–Kier alpha value is -2.60. The molecule has 1 aliphatic heterocycles. The number of piperazine rings is 1. The molecule has 1 heterocycles. The molecule has 12 nitrogen and oxygen atoms in total. The molecule has 3 rings (SSSR count). The monoisotopic (exact) mass is 689 g/mol. The SMILES string of the molecule is O=C(CCC/C=C\C[C@@H]1[C@@H](/C=C/[C@@H](O)COc2cccc(C(F)(F)F)c2)[C@H](O)C[C@@H]1O)OCCCN1CCN(CCCON(O)O)CC1. The number of nitrogens with zero attached hydrogens (tertiary/aromatic N) is 3. The van der Waals surface area contributed by atoms with Crippen LogP contribution in [-0.2, 0) is 20.5 Å². The van der Waals surface area contributed by atoms with Crippen LogP contribution in [0.4, 0.5) is 13.2 Å². The molecule has 0 unspecified atom stereocenters. The molecule has 0 spiro atoms. The van der Waals surface area contributed by atoms with E-state index in [-0.39, 0.29) is 42.7 Å². The van der Waals surface area contributed by atoms with E-state index in [2.05, 4.69) is 14.6 Å². The second-order valence-corrected chi connectivity index (χ2v) is 12.2. The van der Waals surface area contributed by atoms with Gasteiger partial charge in [-0.15, -0.1) is 0 Å². The summed E-state index contributed by atoms with van der Waals surface area (Å²) in [6.07, 6.45) is 3.45. The van der Waals surface area contributed by atoms with Gasteiger partial charge < -0.3 is 34.6 Å². The van der Waals surface area contributed by atoms with E-state index >= 15 is 0 Å². The number of rotatable bonds is 20. The highest BCUT2D eigenvalue weighted by Crippen LogP contribution is 2.36.